The molecule has 0 N–H and O–H groups in total. The van der Waals surface area contributed by atoms with E-state index in [2.05, 4.69) is 15.9 Å². The second-order valence-corrected chi connectivity index (χ2v) is 4.76. The number of nitro groups is 1. The molecule has 0 fully saturated rings. The maximum absolute atomic E-state index is 13.8. The molecule has 110 valence electrons. The molecule has 0 unspecified atom stereocenters. The summed E-state index contributed by atoms with van der Waals surface area (Å²) in [5, 5.41) is 11.0. The van der Waals surface area contributed by atoms with Crippen LogP contribution in [0.5, 0.6) is 11.5 Å². The van der Waals surface area contributed by atoms with Gasteiger partial charge < -0.3 is 4.74 Å². The molecular formula is C13H7BrF3NO3. The third-order valence-corrected chi connectivity index (χ3v) is 3.22. The molecule has 0 heterocycles. The molecule has 0 aliphatic heterocycles. The van der Waals surface area contributed by atoms with Gasteiger partial charge in [0.25, 0.3) is 6.43 Å². The van der Waals surface area contributed by atoms with Crippen molar-refractivity contribution in [2.24, 2.45) is 0 Å². The highest BCUT2D eigenvalue weighted by Crippen LogP contribution is 2.41. The molecule has 0 aliphatic carbocycles. The zero-order valence-corrected chi connectivity index (χ0v) is 11.8. The molecule has 0 saturated carbocycles. The smallest absolute Gasteiger partial charge is 0.328 e. The molecule has 21 heavy (non-hydrogen) atoms. The molecule has 0 saturated heterocycles. The second kappa shape index (κ2) is 6.13. The minimum absolute atomic E-state index is 0.0153. The van der Waals surface area contributed by atoms with Crippen LogP contribution in [-0.2, 0) is 0 Å². The quantitative estimate of drug-likeness (QED) is 0.553. The predicted molar refractivity (Wildman–Crippen MR) is 72.2 cm³/mol. The van der Waals surface area contributed by atoms with Gasteiger partial charge in [-0.3, -0.25) is 10.1 Å². The number of para-hydroxylation sites is 1. The highest BCUT2D eigenvalue weighted by molar-refractivity contribution is 9.10. The van der Waals surface area contributed by atoms with Crippen molar-refractivity contribution in [2.75, 3.05) is 0 Å². The van der Waals surface area contributed by atoms with Gasteiger partial charge in [0.1, 0.15) is 5.75 Å². The Morgan fingerprint density at radius 2 is 1.86 bits per heavy atom. The molecule has 0 bridgehead atoms. The average molecular weight is 362 g/mol. The Bertz CT molecular complexity index is 694. The fraction of sp³-hybridized carbons (Fsp3) is 0.0769. The summed E-state index contributed by atoms with van der Waals surface area (Å²) in [4.78, 5) is 10.1. The first-order chi connectivity index (χ1) is 9.91. The van der Waals surface area contributed by atoms with Crippen LogP contribution in [-0.4, -0.2) is 4.92 Å². The van der Waals surface area contributed by atoms with E-state index in [9.17, 15) is 23.3 Å². The van der Waals surface area contributed by atoms with E-state index in [0.29, 0.717) is 0 Å². The van der Waals surface area contributed by atoms with Crippen LogP contribution in [0.25, 0.3) is 0 Å². The average Bonchev–Trinajstić information content (AvgIpc) is 2.43. The minimum Gasteiger partial charge on any atom is -0.447 e. The summed E-state index contributed by atoms with van der Waals surface area (Å²) >= 11 is 2.91. The van der Waals surface area contributed by atoms with Crippen molar-refractivity contribution < 1.29 is 22.8 Å². The molecule has 0 aliphatic rings. The van der Waals surface area contributed by atoms with Crippen LogP contribution in [0.15, 0.2) is 40.9 Å². The summed E-state index contributed by atoms with van der Waals surface area (Å²) < 4.78 is 44.5. The lowest BCUT2D eigenvalue weighted by Gasteiger charge is -2.11. The molecule has 2 aromatic rings. The number of hydrogen-bond acceptors (Lipinski definition) is 3. The number of nitrogens with zero attached hydrogens (tertiary/aromatic N) is 1. The molecule has 0 aromatic heterocycles. The van der Waals surface area contributed by atoms with Gasteiger partial charge in [-0.05, 0) is 40.2 Å². The Morgan fingerprint density at radius 3 is 2.48 bits per heavy atom. The minimum atomic E-state index is -2.85. The number of benzene rings is 2. The first-order valence-electron chi connectivity index (χ1n) is 5.59. The van der Waals surface area contributed by atoms with E-state index in [1.807, 2.05) is 0 Å². The zero-order valence-electron chi connectivity index (χ0n) is 10.2. The summed E-state index contributed by atoms with van der Waals surface area (Å²) in [6.07, 6.45) is -2.85. The second-order valence-electron chi connectivity index (χ2n) is 3.90. The summed E-state index contributed by atoms with van der Waals surface area (Å²) in [5.74, 6) is -2.08. The van der Waals surface area contributed by atoms with Crippen LogP contribution in [0.4, 0.5) is 18.9 Å². The third kappa shape index (κ3) is 3.15. The molecular weight excluding hydrogens is 355 g/mol. The molecule has 0 amide bonds. The predicted octanol–water partition coefficient (Wildman–Crippen LogP) is 5.23. The Hall–Kier alpha value is -2.09. The van der Waals surface area contributed by atoms with Crippen molar-refractivity contribution in [1.29, 1.82) is 0 Å². The van der Waals surface area contributed by atoms with E-state index in [1.165, 1.54) is 18.2 Å². The summed E-state index contributed by atoms with van der Waals surface area (Å²) in [6, 6.07) is 7.13. The van der Waals surface area contributed by atoms with Gasteiger partial charge in [-0.25, -0.2) is 13.2 Å². The van der Waals surface area contributed by atoms with Crippen LogP contribution < -0.4 is 4.74 Å². The SMILES string of the molecule is O=[N+]([O-])c1c(Br)ccc(F)c1Oc1ccccc1C(F)F. The summed E-state index contributed by atoms with van der Waals surface area (Å²) in [7, 11) is 0. The van der Waals surface area contributed by atoms with E-state index >= 15 is 0 Å². The summed E-state index contributed by atoms with van der Waals surface area (Å²) in [6.45, 7) is 0. The van der Waals surface area contributed by atoms with Crippen LogP contribution >= 0.6 is 15.9 Å². The lowest BCUT2D eigenvalue weighted by atomic mass is 10.2. The number of ether oxygens (including phenoxy) is 1. The number of nitro benzene ring substituents is 1. The van der Waals surface area contributed by atoms with Crippen LogP contribution in [0.1, 0.15) is 12.0 Å². The zero-order chi connectivity index (χ0) is 15.6. The van der Waals surface area contributed by atoms with Crippen molar-refractivity contribution in [3.05, 3.63) is 62.4 Å². The molecule has 2 rings (SSSR count). The van der Waals surface area contributed by atoms with Crippen molar-refractivity contribution in [2.45, 2.75) is 6.43 Å². The van der Waals surface area contributed by atoms with Gasteiger partial charge in [-0.2, -0.15) is 0 Å². The maximum Gasteiger partial charge on any atom is 0.328 e. The third-order valence-electron chi connectivity index (χ3n) is 2.58. The van der Waals surface area contributed by atoms with E-state index < -0.39 is 34.2 Å². The van der Waals surface area contributed by atoms with Crippen molar-refractivity contribution in [3.8, 4) is 11.5 Å². The first kappa shape index (κ1) is 15.3. The van der Waals surface area contributed by atoms with Gasteiger partial charge in [0.15, 0.2) is 5.82 Å². The van der Waals surface area contributed by atoms with E-state index in [-0.39, 0.29) is 10.2 Å². The van der Waals surface area contributed by atoms with Gasteiger partial charge in [0.2, 0.25) is 5.75 Å². The van der Waals surface area contributed by atoms with Crippen LogP contribution in [0.2, 0.25) is 0 Å². The standard InChI is InChI=1S/C13H7BrF3NO3/c14-8-5-6-9(15)12(11(8)18(19)20)21-10-4-2-1-3-7(10)13(16)17/h1-6,13H. The Morgan fingerprint density at radius 1 is 1.19 bits per heavy atom. The van der Waals surface area contributed by atoms with E-state index in [4.69, 9.17) is 4.74 Å². The number of alkyl halides is 2. The highest BCUT2D eigenvalue weighted by Gasteiger charge is 2.26. The normalized spacial score (nSPS) is 10.7. The molecule has 0 radical (unpaired) electrons. The lowest BCUT2D eigenvalue weighted by molar-refractivity contribution is -0.386. The fourth-order valence-electron chi connectivity index (χ4n) is 1.65. The van der Waals surface area contributed by atoms with Gasteiger partial charge in [-0.1, -0.05) is 12.1 Å². The van der Waals surface area contributed by atoms with Gasteiger partial charge in [-0.15, -0.1) is 0 Å². The summed E-state index contributed by atoms with van der Waals surface area (Å²) in [5.41, 5.74) is -1.15. The highest BCUT2D eigenvalue weighted by atomic mass is 79.9. The Labute approximate surface area is 125 Å². The lowest BCUT2D eigenvalue weighted by Crippen LogP contribution is -1.99. The van der Waals surface area contributed by atoms with Crippen LogP contribution in [0.3, 0.4) is 0 Å². The van der Waals surface area contributed by atoms with E-state index in [1.54, 1.807) is 0 Å². The van der Waals surface area contributed by atoms with Crippen molar-refractivity contribution >= 4 is 21.6 Å². The van der Waals surface area contributed by atoms with Gasteiger partial charge in [0, 0.05) is 0 Å². The number of hydrogen-bond donors (Lipinski definition) is 0. The number of rotatable bonds is 4. The number of halogens is 4. The molecule has 8 heteroatoms. The Balaban J connectivity index is 2.55. The maximum atomic E-state index is 13.8. The van der Waals surface area contributed by atoms with E-state index in [0.717, 1.165) is 18.2 Å². The van der Waals surface area contributed by atoms with Crippen LogP contribution in [0, 0.1) is 15.9 Å². The van der Waals surface area contributed by atoms with Crippen molar-refractivity contribution in [1.82, 2.24) is 0 Å². The molecule has 2 aromatic carbocycles. The van der Waals surface area contributed by atoms with Gasteiger partial charge in [0.05, 0.1) is 15.0 Å². The Kier molecular flexibility index (Phi) is 4.46. The van der Waals surface area contributed by atoms with Gasteiger partial charge >= 0.3 is 5.69 Å². The molecule has 0 spiro atoms. The topological polar surface area (TPSA) is 52.4 Å². The fourth-order valence-corrected chi connectivity index (χ4v) is 2.11. The monoisotopic (exact) mass is 361 g/mol. The van der Waals surface area contributed by atoms with Crippen molar-refractivity contribution in [3.63, 3.8) is 0 Å². The first-order valence-corrected chi connectivity index (χ1v) is 6.38. The molecule has 0 atom stereocenters. The largest absolute Gasteiger partial charge is 0.447 e. The molecule has 4 nitrogen and oxygen atoms in total.